The summed E-state index contributed by atoms with van der Waals surface area (Å²) >= 11 is 5.86. The Morgan fingerprint density at radius 1 is 1.19 bits per heavy atom. The number of aromatic nitrogens is 2. The summed E-state index contributed by atoms with van der Waals surface area (Å²) in [7, 11) is 0. The molecule has 0 unspecified atom stereocenters. The lowest BCUT2D eigenvalue weighted by Gasteiger charge is -2.08. The third kappa shape index (κ3) is 4.27. The van der Waals surface area contributed by atoms with Gasteiger partial charge in [-0.1, -0.05) is 43.4 Å². The number of nitrogens with zero attached hydrogens (tertiary/aromatic N) is 1. The van der Waals surface area contributed by atoms with Crippen LogP contribution in [0.5, 0.6) is 0 Å². The Balaban J connectivity index is 1.90. The topological polar surface area (TPSA) is 49.8 Å². The van der Waals surface area contributed by atoms with E-state index in [2.05, 4.69) is 23.3 Å². The van der Waals surface area contributed by atoms with Crippen LogP contribution in [0.15, 0.2) is 77.1 Å². The summed E-state index contributed by atoms with van der Waals surface area (Å²) in [5, 5.41) is 3.34. The van der Waals surface area contributed by atoms with E-state index in [1.165, 1.54) is 0 Å². The molecule has 3 rings (SSSR count). The molecule has 0 amide bonds. The number of alkyl halides is 1. The molecule has 26 heavy (non-hydrogen) atoms. The van der Waals surface area contributed by atoms with Gasteiger partial charge in [-0.25, -0.2) is 4.79 Å². The molecule has 2 aromatic carbocycles. The number of fused-ring (bicyclic) bond motifs is 1. The van der Waals surface area contributed by atoms with Gasteiger partial charge in [-0.2, -0.15) is 0 Å². The molecule has 0 aliphatic carbocycles. The average molecular weight is 368 g/mol. The predicted molar refractivity (Wildman–Crippen MR) is 111 cm³/mol. The highest BCUT2D eigenvalue weighted by Gasteiger charge is 2.08. The van der Waals surface area contributed by atoms with Gasteiger partial charge < -0.3 is 10.3 Å². The number of imidazole rings is 1. The molecular weight excluding hydrogens is 346 g/mol. The van der Waals surface area contributed by atoms with Crippen LogP contribution in [0.25, 0.3) is 11.0 Å². The van der Waals surface area contributed by atoms with Crippen molar-refractivity contribution in [1.82, 2.24) is 9.55 Å². The highest BCUT2D eigenvalue weighted by atomic mass is 35.5. The van der Waals surface area contributed by atoms with Crippen molar-refractivity contribution in [3.63, 3.8) is 0 Å². The standard InChI is InChI=1S/C21H22ClN3O/c1-2-3-7-16(12-13-22)15-25-20-11-10-18(14-19(20)24-21(25)26)23-17-8-5-4-6-9-17/h3-12,14,23H,2,13,15H2,1H3,(H,24,26)/b7-3-,16-12+. The largest absolute Gasteiger partial charge is 0.355 e. The van der Waals surface area contributed by atoms with Crippen LogP contribution in [0.4, 0.5) is 11.4 Å². The van der Waals surface area contributed by atoms with E-state index in [1.807, 2.05) is 60.7 Å². The minimum absolute atomic E-state index is 0.123. The smallest absolute Gasteiger partial charge is 0.326 e. The first-order valence-electron chi connectivity index (χ1n) is 8.67. The number of halogens is 1. The zero-order chi connectivity index (χ0) is 18.4. The molecule has 134 valence electrons. The Bertz CT molecular complexity index is 983. The summed E-state index contributed by atoms with van der Waals surface area (Å²) in [6.07, 6.45) is 6.97. The van der Waals surface area contributed by atoms with Gasteiger partial charge >= 0.3 is 5.69 Å². The number of allylic oxidation sites excluding steroid dienone is 4. The molecule has 0 aliphatic heterocycles. The van der Waals surface area contributed by atoms with Gasteiger partial charge in [0.15, 0.2) is 0 Å². The zero-order valence-corrected chi connectivity index (χ0v) is 15.5. The molecule has 0 fully saturated rings. The maximum atomic E-state index is 12.4. The van der Waals surface area contributed by atoms with Crippen molar-refractivity contribution < 1.29 is 0 Å². The third-order valence-electron chi connectivity index (χ3n) is 4.08. The lowest BCUT2D eigenvalue weighted by atomic mass is 10.2. The van der Waals surface area contributed by atoms with Crippen molar-refractivity contribution in [3.05, 3.63) is 82.8 Å². The number of para-hydroxylation sites is 1. The summed E-state index contributed by atoms with van der Waals surface area (Å²) in [6.45, 7) is 2.57. The first-order chi connectivity index (χ1) is 12.7. The number of H-pyrrole nitrogens is 1. The van der Waals surface area contributed by atoms with Crippen LogP contribution in [0.2, 0.25) is 0 Å². The number of hydrogen-bond acceptors (Lipinski definition) is 2. The number of anilines is 2. The first kappa shape index (κ1) is 18.1. The second-order valence-corrected chi connectivity index (χ2v) is 6.29. The minimum Gasteiger partial charge on any atom is -0.355 e. The summed E-state index contributed by atoms with van der Waals surface area (Å²) in [5.74, 6) is 0.422. The molecule has 0 bridgehead atoms. The van der Waals surface area contributed by atoms with E-state index in [4.69, 9.17) is 11.6 Å². The number of rotatable bonds is 7. The van der Waals surface area contributed by atoms with Gasteiger partial charge in [-0.3, -0.25) is 4.57 Å². The molecular formula is C21H22ClN3O. The number of benzene rings is 2. The van der Waals surface area contributed by atoms with Crippen molar-refractivity contribution in [1.29, 1.82) is 0 Å². The monoisotopic (exact) mass is 367 g/mol. The van der Waals surface area contributed by atoms with Crippen LogP contribution in [0.1, 0.15) is 13.3 Å². The quantitative estimate of drug-likeness (QED) is 0.445. The van der Waals surface area contributed by atoms with E-state index in [9.17, 15) is 4.79 Å². The maximum Gasteiger partial charge on any atom is 0.326 e. The average Bonchev–Trinajstić information content (AvgIpc) is 2.95. The Morgan fingerprint density at radius 2 is 2.00 bits per heavy atom. The maximum absolute atomic E-state index is 12.4. The van der Waals surface area contributed by atoms with E-state index in [-0.39, 0.29) is 5.69 Å². The molecule has 0 saturated carbocycles. The van der Waals surface area contributed by atoms with Crippen molar-refractivity contribution >= 4 is 34.0 Å². The molecule has 2 N–H and O–H groups in total. The lowest BCUT2D eigenvalue weighted by molar-refractivity contribution is 0.784. The first-order valence-corrected chi connectivity index (χ1v) is 9.21. The molecule has 5 heteroatoms. The van der Waals surface area contributed by atoms with Crippen LogP contribution < -0.4 is 11.0 Å². The van der Waals surface area contributed by atoms with Gasteiger partial charge in [0.1, 0.15) is 0 Å². The zero-order valence-electron chi connectivity index (χ0n) is 14.7. The Morgan fingerprint density at radius 3 is 2.73 bits per heavy atom. The van der Waals surface area contributed by atoms with Crippen LogP contribution in [0.3, 0.4) is 0 Å². The lowest BCUT2D eigenvalue weighted by Crippen LogP contribution is -2.17. The fraction of sp³-hybridized carbons (Fsp3) is 0.190. The third-order valence-corrected chi connectivity index (χ3v) is 4.24. The predicted octanol–water partition coefficient (Wildman–Crippen LogP) is 5.20. The van der Waals surface area contributed by atoms with Crippen LogP contribution in [-0.4, -0.2) is 15.4 Å². The van der Waals surface area contributed by atoms with Gasteiger partial charge in [-0.05, 0) is 42.3 Å². The van der Waals surface area contributed by atoms with Gasteiger partial charge in [0.25, 0.3) is 0 Å². The summed E-state index contributed by atoms with van der Waals surface area (Å²) < 4.78 is 1.74. The van der Waals surface area contributed by atoms with E-state index in [0.717, 1.165) is 34.4 Å². The Hall–Kier alpha value is -2.72. The van der Waals surface area contributed by atoms with E-state index >= 15 is 0 Å². The minimum atomic E-state index is -0.123. The van der Waals surface area contributed by atoms with Crippen molar-refractivity contribution in [2.75, 3.05) is 11.2 Å². The molecule has 1 heterocycles. The molecule has 0 radical (unpaired) electrons. The highest BCUT2D eigenvalue weighted by Crippen LogP contribution is 2.21. The van der Waals surface area contributed by atoms with E-state index < -0.39 is 0 Å². The van der Waals surface area contributed by atoms with Crippen LogP contribution in [-0.2, 0) is 6.54 Å². The SMILES string of the molecule is CC/C=C\C(=C/CCl)Cn1c(=O)[nH]c2cc(Nc3ccccc3)ccc21. The number of nitrogens with one attached hydrogen (secondary N) is 2. The molecule has 0 atom stereocenters. The second kappa shape index (κ2) is 8.59. The molecule has 4 nitrogen and oxygen atoms in total. The molecule has 0 saturated heterocycles. The highest BCUT2D eigenvalue weighted by molar-refractivity contribution is 6.18. The van der Waals surface area contributed by atoms with Gasteiger partial charge in [-0.15, -0.1) is 11.6 Å². The summed E-state index contributed by atoms with van der Waals surface area (Å²) in [5.41, 5.74) is 4.52. The van der Waals surface area contributed by atoms with Crippen LogP contribution in [0, 0.1) is 0 Å². The van der Waals surface area contributed by atoms with E-state index in [1.54, 1.807) is 4.57 Å². The normalized spacial score (nSPS) is 12.2. The summed E-state index contributed by atoms with van der Waals surface area (Å²) in [6, 6.07) is 15.8. The number of hydrogen-bond donors (Lipinski definition) is 2. The summed E-state index contributed by atoms with van der Waals surface area (Å²) in [4.78, 5) is 15.4. The fourth-order valence-corrected chi connectivity index (χ4v) is 3.02. The Labute approximate surface area is 157 Å². The fourth-order valence-electron chi connectivity index (χ4n) is 2.82. The van der Waals surface area contributed by atoms with Gasteiger partial charge in [0, 0.05) is 17.3 Å². The van der Waals surface area contributed by atoms with Gasteiger partial charge in [0.05, 0.1) is 17.6 Å². The molecule has 3 aromatic rings. The van der Waals surface area contributed by atoms with Crippen molar-refractivity contribution in [3.8, 4) is 0 Å². The van der Waals surface area contributed by atoms with E-state index in [0.29, 0.717) is 12.4 Å². The Kier molecular flexibility index (Phi) is 5.97. The molecule has 0 aliphatic rings. The van der Waals surface area contributed by atoms with Gasteiger partial charge in [0.2, 0.25) is 0 Å². The van der Waals surface area contributed by atoms with Crippen LogP contribution >= 0.6 is 11.6 Å². The number of aromatic amines is 1. The second-order valence-electron chi connectivity index (χ2n) is 5.98. The molecule has 0 spiro atoms. The van der Waals surface area contributed by atoms with Crippen molar-refractivity contribution in [2.45, 2.75) is 19.9 Å². The molecule has 1 aromatic heterocycles. The van der Waals surface area contributed by atoms with Crippen molar-refractivity contribution in [2.24, 2.45) is 0 Å².